The molecule has 34 heavy (non-hydrogen) atoms. The van der Waals surface area contributed by atoms with E-state index in [-0.39, 0.29) is 46.0 Å². The molecular formula is C23H23F3N2O5S. The Balaban J connectivity index is 1.84. The van der Waals surface area contributed by atoms with E-state index in [1.807, 2.05) is 0 Å². The van der Waals surface area contributed by atoms with Gasteiger partial charge in [-0.05, 0) is 38.1 Å². The van der Waals surface area contributed by atoms with Crippen molar-refractivity contribution in [1.82, 2.24) is 9.13 Å². The lowest BCUT2D eigenvalue weighted by Crippen LogP contribution is -2.47. The molecule has 0 spiro atoms. The number of ketones is 1. The van der Waals surface area contributed by atoms with Crippen LogP contribution >= 0.6 is 0 Å². The van der Waals surface area contributed by atoms with Gasteiger partial charge in [0.05, 0.1) is 22.7 Å². The first kappa shape index (κ1) is 24.1. The summed E-state index contributed by atoms with van der Waals surface area (Å²) < 4.78 is 70.6. The number of imidazole rings is 1. The minimum absolute atomic E-state index is 0.0249. The van der Waals surface area contributed by atoms with Crippen LogP contribution in [0.1, 0.15) is 43.6 Å². The maximum absolute atomic E-state index is 15.4. The summed E-state index contributed by atoms with van der Waals surface area (Å²) in [6, 6.07) is 7.37. The Morgan fingerprint density at radius 1 is 1.18 bits per heavy atom. The fraction of sp³-hybridized carbons (Fsp3) is 0.391. The number of sulfone groups is 1. The molecular weight excluding hydrogens is 473 g/mol. The molecule has 2 heterocycles. The van der Waals surface area contributed by atoms with E-state index in [9.17, 15) is 26.8 Å². The van der Waals surface area contributed by atoms with Crippen LogP contribution in [0.3, 0.4) is 0 Å². The average Bonchev–Trinajstić information content (AvgIpc) is 2.98. The van der Waals surface area contributed by atoms with Crippen molar-refractivity contribution in [2.45, 2.75) is 39.8 Å². The second-order valence-electron chi connectivity index (χ2n) is 9.23. The van der Waals surface area contributed by atoms with E-state index < -0.39 is 45.2 Å². The van der Waals surface area contributed by atoms with Gasteiger partial charge in [0, 0.05) is 29.5 Å². The molecule has 7 nitrogen and oxygen atoms in total. The number of hydrogen-bond donors (Lipinski definition) is 0. The Bertz CT molecular complexity index is 1450. The predicted molar refractivity (Wildman–Crippen MR) is 120 cm³/mol. The Kier molecular flexibility index (Phi) is 5.87. The number of carbonyl (C=O) groups excluding carboxylic acids is 1. The van der Waals surface area contributed by atoms with E-state index in [2.05, 4.69) is 4.74 Å². The molecule has 1 aromatic heterocycles. The monoisotopic (exact) mass is 496 g/mol. The largest absolute Gasteiger partial charge is 0.435 e. The van der Waals surface area contributed by atoms with Crippen LogP contribution in [0.4, 0.5) is 13.2 Å². The predicted octanol–water partition coefficient (Wildman–Crippen LogP) is 4.12. The van der Waals surface area contributed by atoms with Crippen LogP contribution in [-0.4, -0.2) is 41.5 Å². The van der Waals surface area contributed by atoms with E-state index in [1.54, 1.807) is 20.8 Å². The van der Waals surface area contributed by atoms with Crippen LogP contribution in [0.15, 0.2) is 41.2 Å². The van der Waals surface area contributed by atoms with E-state index in [0.29, 0.717) is 0 Å². The minimum Gasteiger partial charge on any atom is -0.435 e. The Labute approximate surface area is 193 Å². The zero-order chi connectivity index (χ0) is 25.0. The highest BCUT2D eigenvalue weighted by molar-refractivity contribution is 7.92. The lowest BCUT2D eigenvalue weighted by atomic mass is 9.86. The normalized spacial score (nSPS) is 16.7. The van der Waals surface area contributed by atoms with Crippen molar-refractivity contribution in [3.8, 4) is 11.4 Å². The summed E-state index contributed by atoms with van der Waals surface area (Å²) in [4.78, 5) is 26.2. The summed E-state index contributed by atoms with van der Waals surface area (Å²) in [6.07, 6.45) is -0.0726. The standard InChI is InChI=1S/C23H23F3N2O5S/c1-13(2)27-18-8-14(19(29)10-23(3)11-34(31,32)12-23)7-17(24)20(18)28(22(27)30)15-5-4-6-16(9-15)33-21(25)26/h4-9,13,21H,10-12H2,1-3H3. The van der Waals surface area contributed by atoms with E-state index >= 15 is 4.39 Å². The van der Waals surface area contributed by atoms with E-state index in [1.165, 1.54) is 34.9 Å². The van der Waals surface area contributed by atoms with Crippen molar-refractivity contribution < 1.29 is 31.1 Å². The number of benzene rings is 2. The number of carbonyl (C=O) groups is 1. The van der Waals surface area contributed by atoms with Gasteiger partial charge in [-0.25, -0.2) is 17.6 Å². The number of rotatable bonds is 7. The molecule has 1 aliphatic rings. The topological polar surface area (TPSA) is 87.4 Å². The molecule has 0 aliphatic carbocycles. The van der Waals surface area contributed by atoms with Gasteiger partial charge >= 0.3 is 12.3 Å². The maximum Gasteiger partial charge on any atom is 0.387 e. The second kappa shape index (κ2) is 8.30. The van der Waals surface area contributed by atoms with Crippen LogP contribution in [0.2, 0.25) is 0 Å². The summed E-state index contributed by atoms with van der Waals surface area (Å²) in [6.45, 7) is 2.06. The Morgan fingerprint density at radius 2 is 1.85 bits per heavy atom. The summed E-state index contributed by atoms with van der Waals surface area (Å²) in [5, 5.41) is 0. The summed E-state index contributed by atoms with van der Waals surface area (Å²) in [7, 11) is -3.15. The summed E-state index contributed by atoms with van der Waals surface area (Å²) in [5.41, 5.74) is -1.12. The third-order valence-corrected chi connectivity index (χ3v) is 8.06. The molecule has 0 radical (unpaired) electrons. The van der Waals surface area contributed by atoms with Gasteiger partial charge in [0.1, 0.15) is 17.1 Å². The van der Waals surface area contributed by atoms with Crippen molar-refractivity contribution in [1.29, 1.82) is 0 Å². The number of halogens is 3. The van der Waals surface area contributed by atoms with Crippen molar-refractivity contribution in [2.24, 2.45) is 5.41 Å². The van der Waals surface area contributed by atoms with Crippen LogP contribution in [0.25, 0.3) is 16.7 Å². The van der Waals surface area contributed by atoms with Crippen LogP contribution in [0, 0.1) is 11.2 Å². The number of Topliss-reactive ketones (excluding diaryl/α,β-unsaturated/α-hetero) is 1. The van der Waals surface area contributed by atoms with Gasteiger partial charge in [-0.1, -0.05) is 13.0 Å². The lowest BCUT2D eigenvalue weighted by Gasteiger charge is -2.37. The van der Waals surface area contributed by atoms with Gasteiger partial charge in [0.15, 0.2) is 15.6 Å². The number of fused-ring (bicyclic) bond motifs is 1. The highest BCUT2D eigenvalue weighted by Crippen LogP contribution is 2.37. The molecule has 0 saturated carbocycles. The van der Waals surface area contributed by atoms with E-state index in [4.69, 9.17) is 0 Å². The Hall–Kier alpha value is -3.08. The smallest absolute Gasteiger partial charge is 0.387 e. The summed E-state index contributed by atoms with van der Waals surface area (Å²) >= 11 is 0. The molecule has 1 saturated heterocycles. The average molecular weight is 497 g/mol. The van der Waals surface area contributed by atoms with Gasteiger partial charge in [0.2, 0.25) is 0 Å². The molecule has 0 amide bonds. The molecule has 11 heteroatoms. The molecule has 0 unspecified atom stereocenters. The minimum atomic E-state index is -3.15. The third kappa shape index (κ3) is 4.36. The first-order valence-corrected chi connectivity index (χ1v) is 12.4. The molecule has 0 bridgehead atoms. The highest BCUT2D eigenvalue weighted by Gasteiger charge is 2.45. The SMILES string of the molecule is CC(C)n1c(=O)n(-c2cccc(OC(F)F)c2)c2c(F)cc(C(=O)CC3(C)CS(=O)(=O)C3)cc21. The fourth-order valence-electron chi connectivity index (χ4n) is 4.61. The lowest BCUT2D eigenvalue weighted by molar-refractivity contribution is -0.0498. The Morgan fingerprint density at radius 3 is 2.44 bits per heavy atom. The first-order valence-electron chi connectivity index (χ1n) is 10.6. The van der Waals surface area contributed by atoms with Crippen molar-refractivity contribution in [2.75, 3.05) is 11.5 Å². The van der Waals surface area contributed by atoms with Crippen molar-refractivity contribution in [3.63, 3.8) is 0 Å². The quantitative estimate of drug-likeness (QED) is 0.459. The number of alkyl halides is 2. The number of ether oxygens (including phenoxy) is 1. The molecule has 2 aromatic carbocycles. The number of aromatic nitrogens is 2. The number of hydrogen-bond acceptors (Lipinski definition) is 5. The van der Waals surface area contributed by atoms with Gasteiger partial charge in [-0.3, -0.25) is 13.9 Å². The van der Waals surface area contributed by atoms with E-state index in [0.717, 1.165) is 10.6 Å². The van der Waals surface area contributed by atoms with Crippen LogP contribution in [-0.2, 0) is 9.84 Å². The zero-order valence-electron chi connectivity index (χ0n) is 18.7. The molecule has 0 N–H and O–H groups in total. The molecule has 3 aromatic rings. The van der Waals surface area contributed by atoms with Crippen LogP contribution in [0.5, 0.6) is 5.75 Å². The summed E-state index contributed by atoms with van der Waals surface area (Å²) in [5.74, 6) is -1.69. The molecule has 1 aliphatic heterocycles. The highest BCUT2D eigenvalue weighted by atomic mass is 32.2. The molecule has 182 valence electrons. The van der Waals surface area contributed by atoms with Gasteiger partial charge in [-0.2, -0.15) is 8.78 Å². The fourth-order valence-corrected chi connectivity index (χ4v) is 6.85. The maximum atomic E-state index is 15.4. The molecule has 1 fully saturated rings. The first-order chi connectivity index (χ1) is 15.8. The second-order valence-corrected chi connectivity index (χ2v) is 11.3. The zero-order valence-corrected chi connectivity index (χ0v) is 19.5. The van der Waals surface area contributed by atoms with Crippen molar-refractivity contribution in [3.05, 3.63) is 58.3 Å². The van der Waals surface area contributed by atoms with Gasteiger partial charge in [0.25, 0.3) is 0 Å². The molecule has 4 rings (SSSR count). The molecule has 0 atom stereocenters. The van der Waals surface area contributed by atoms with Crippen LogP contribution < -0.4 is 10.4 Å². The number of nitrogens with zero attached hydrogens (tertiary/aromatic N) is 2. The van der Waals surface area contributed by atoms with Gasteiger partial charge in [-0.15, -0.1) is 0 Å². The third-order valence-electron chi connectivity index (χ3n) is 5.79. The van der Waals surface area contributed by atoms with Gasteiger partial charge < -0.3 is 4.74 Å². The van der Waals surface area contributed by atoms with Crippen molar-refractivity contribution >= 4 is 26.7 Å².